The average molecular weight is 433 g/mol. The largest absolute Gasteiger partial charge is 0.454 e. The molecule has 32 heavy (non-hydrogen) atoms. The first kappa shape index (κ1) is 22.2. The molecule has 0 spiro atoms. The molecule has 4 rings (SSSR count). The van der Waals surface area contributed by atoms with E-state index in [1.165, 1.54) is 11.1 Å². The van der Waals surface area contributed by atoms with E-state index in [0.29, 0.717) is 0 Å². The van der Waals surface area contributed by atoms with E-state index < -0.39 is 0 Å². The quantitative estimate of drug-likeness (QED) is 0.510. The number of amides is 1. The summed E-state index contributed by atoms with van der Waals surface area (Å²) in [6, 6.07) is 14.7. The van der Waals surface area contributed by atoms with Gasteiger partial charge in [0.1, 0.15) is 0 Å². The molecule has 5 nitrogen and oxygen atoms in total. The van der Waals surface area contributed by atoms with E-state index in [9.17, 15) is 4.79 Å². The number of piperazine rings is 1. The van der Waals surface area contributed by atoms with Crippen LogP contribution in [0.2, 0.25) is 0 Å². The van der Waals surface area contributed by atoms with Gasteiger partial charge in [-0.2, -0.15) is 0 Å². The molecule has 2 aliphatic rings. The summed E-state index contributed by atoms with van der Waals surface area (Å²) < 4.78 is 10.7. The maximum Gasteiger partial charge on any atom is 0.246 e. The third-order valence-electron chi connectivity index (χ3n) is 5.95. The van der Waals surface area contributed by atoms with Crippen LogP contribution in [0.3, 0.4) is 0 Å². The van der Waals surface area contributed by atoms with Crippen molar-refractivity contribution in [2.24, 2.45) is 0 Å². The first-order valence-corrected chi connectivity index (χ1v) is 11.2. The number of allylic oxidation sites excluding steroid dienone is 2. The molecule has 168 valence electrons. The van der Waals surface area contributed by atoms with E-state index in [0.717, 1.165) is 49.8 Å². The van der Waals surface area contributed by atoms with Crippen molar-refractivity contribution in [3.63, 3.8) is 0 Å². The predicted octanol–water partition coefficient (Wildman–Crippen LogP) is 4.63. The Morgan fingerprint density at radius 2 is 1.66 bits per heavy atom. The second-order valence-electron chi connectivity index (χ2n) is 9.38. The van der Waals surface area contributed by atoms with Crippen molar-refractivity contribution in [1.29, 1.82) is 0 Å². The molecular formula is C27H32N2O3. The highest BCUT2D eigenvalue weighted by Gasteiger charge is 2.20. The summed E-state index contributed by atoms with van der Waals surface area (Å²) in [6.45, 7) is 11.2. The molecule has 0 atom stereocenters. The molecule has 0 N–H and O–H groups in total. The Kier molecular flexibility index (Phi) is 6.66. The maximum absolute atomic E-state index is 12.5. The van der Waals surface area contributed by atoms with Gasteiger partial charge in [0, 0.05) is 38.8 Å². The molecule has 1 amide bonds. The first-order chi connectivity index (χ1) is 15.4. The van der Waals surface area contributed by atoms with E-state index >= 15 is 0 Å². The molecule has 2 aromatic rings. The SMILES string of the molecule is CC(C)(C)c1ccc(CN2CCN(C(=O)/C=C/C=C/c3ccc4c(c3)OCO4)CC2)cc1. The number of hydrogen-bond acceptors (Lipinski definition) is 4. The fourth-order valence-electron chi connectivity index (χ4n) is 3.92. The standard InChI is InChI=1S/C27H32N2O3/c1-27(2,3)23-11-8-22(9-12-23)19-28-14-16-29(17-15-28)26(30)7-5-4-6-21-10-13-24-25(18-21)32-20-31-24/h4-13,18H,14-17,19-20H2,1-3H3/b6-4+,7-5+. The van der Waals surface area contributed by atoms with Gasteiger partial charge in [0.05, 0.1) is 0 Å². The van der Waals surface area contributed by atoms with E-state index in [4.69, 9.17) is 9.47 Å². The maximum atomic E-state index is 12.5. The van der Waals surface area contributed by atoms with Crippen molar-refractivity contribution < 1.29 is 14.3 Å². The fourth-order valence-corrected chi connectivity index (χ4v) is 3.92. The topological polar surface area (TPSA) is 42.0 Å². The van der Waals surface area contributed by atoms with Gasteiger partial charge in [-0.1, -0.05) is 69.3 Å². The second-order valence-corrected chi connectivity index (χ2v) is 9.38. The summed E-state index contributed by atoms with van der Waals surface area (Å²) in [7, 11) is 0. The van der Waals surface area contributed by atoms with Crippen LogP contribution in [0.1, 0.15) is 37.5 Å². The van der Waals surface area contributed by atoms with Crippen LogP contribution in [0.15, 0.2) is 60.7 Å². The summed E-state index contributed by atoms with van der Waals surface area (Å²) in [5.41, 5.74) is 3.87. The zero-order valence-electron chi connectivity index (χ0n) is 19.2. The number of nitrogens with zero attached hydrogens (tertiary/aromatic N) is 2. The molecule has 0 aliphatic carbocycles. The van der Waals surface area contributed by atoms with Crippen molar-refractivity contribution in [2.45, 2.75) is 32.7 Å². The van der Waals surface area contributed by atoms with Crippen LogP contribution in [0.25, 0.3) is 6.08 Å². The monoisotopic (exact) mass is 432 g/mol. The smallest absolute Gasteiger partial charge is 0.246 e. The molecule has 1 fully saturated rings. The molecule has 0 bridgehead atoms. The summed E-state index contributed by atoms with van der Waals surface area (Å²) in [5, 5.41) is 0. The molecule has 0 saturated carbocycles. The lowest BCUT2D eigenvalue weighted by Crippen LogP contribution is -2.47. The molecule has 5 heteroatoms. The van der Waals surface area contributed by atoms with Crippen molar-refractivity contribution in [1.82, 2.24) is 9.80 Å². The van der Waals surface area contributed by atoms with Crippen LogP contribution >= 0.6 is 0 Å². The second kappa shape index (κ2) is 9.61. The molecule has 1 saturated heterocycles. The first-order valence-electron chi connectivity index (χ1n) is 11.2. The Balaban J connectivity index is 1.23. The number of ether oxygens (including phenoxy) is 2. The van der Waals surface area contributed by atoms with Gasteiger partial charge in [0.15, 0.2) is 11.5 Å². The molecule has 0 radical (unpaired) electrons. The Labute approximate surface area is 190 Å². The van der Waals surface area contributed by atoms with Gasteiger partial charge < -0.3 is 14.4 Å². The van der Waals surface area contributed by atoms with Crippen LogP contribution in [-0.4, -0.2) is 48.7 Å². The minimum Gasteiger partial charge on any atom is -0.454 e. The number of fused-ring (bicyclic) bond motifs is 1. The summed E-state index contributed by atoms with van der Waals surface area (Å²) in [6.07, 6.45) is 7.28. The lowest BCUT2D eigenvalue weighted by atomic mass is 9.87. The van der Waals surface area contributed by atoms with E-state index in [1.54, 1.807) is 12.2 Å². The van der Waals surface area contributed by atoms with Gasteiger partial charge in [0.25, 0.3) is 0 Å². The van der Waals surface area contributed by atoms with Crippen LogP contribution in [0.4, 0.5) is 0 Å². The van der Waals surface area contributed by atoms with E-state index in [-0.39, 0.29) is 18.1 Å². The Bertz CT molecular complexity index is 995. The Morgan fingerprint density at radius 1 is 0.938 bits per heavy atom. The van der Waals surface area contributed by atoms with Gasteiger partial charge in [-0.25, -0.2) is 0 Å². The minimum atomic E-state index is 0.0644. The van der Waals surface area contributed by atoms with E-state index in [1.807, 2.05) is 35.3 Å². The number of rotatable bonds is 5. The van der Waals surface area contributed by atoms with Gasteiger partial charge in [-0.15, -0.1) is 0 Å². The van der Waals surface area contributed by atoms with Crippen LogP contribution in [0, 0.1) is 0 Å². The highest BCUT2D eigenvalue weighted by Crippen LogP contribution is 2.32. The van der Waals surface area contributed by atoms with Crippen molar-refractivity contribution >= 4 is 12.0 Å². The summed E-state index contributed by atoms with van der Waals surface area (Å²) in [4.78, 5) is 16.8. The number of carbonyl (C=O) groups is 1. The minimum absolute atomic E-state index is 0.0644. The van der Waals surface area contributed by atoms with Gasteiger partial charge in [-0.3, -0.25) is 9.69 Å². The highest BCUT2D eigenvalue weighted by atomic mass is 16.7. The molecule has 2 heterocycles. The number of carbonyl (C=O) groups excluding carboxylic acids is 1. The van der Waals surface area contributed by atoms with Gasteiger partial charge >= 0.3 is 0 Å². The molecule has 0 aromatic heterocycles. The van der Waals surface area contributed by atoms with Crippen LogP contribution < -0.4 is 9.47 Å². The van der Waals surface area contributed by atoms with Crippen molar-refractivity contribution in [3.8, 4) is 11.5 Å². The van der Waals surface area contributed by atoms with Gasteiger partial charge in [-0.05, 0) is 34.2 Å². The zero-order valence-corrected chi connectivity index (χ0v) is 19.2. The lowest BCUT2D eigenvalue weighted by molar-refractivity contribution is -0.127. The van der Waals surface area contributed by atoms with Crippen LogP contribution in [-0.2, 0) is 16.8 Å². The molecule has 0 unspecified atom stereocenters. The van der Waals surface area contributed by atoms with Crippen molar-refractivity contribution in [3.05, 3.63) is 77.4 Å². The molecule has 2 aliphatic heterocycles. The Hall–Kier alpha value is -3.05. The predicted molar refractivity (Wildman–Crippen MR) is 128 cm³/mol. The van der Waals surface area contributed by atoms with Gasteiger partial charge in [0.2, 0.25) is 12.7 Å². The lowest BCUT2D eigenvalue weighted by Gasteiger charge is -2.34. The Morgan fingerprint density at radius 3 is 2.38 bits per heavy atom. The zero-order chi connectivity index (χ0) is 22.6. The molecular weight excluding hydrogens is 400 g/mol. The van der Waals surface area contributed by atoms with Crippen LogP contribution in [0.5, 0.6) is 11.5 Å². The van der Waals surface area contributed by atoms with E-state index in [2.05, 4.69) is 49.9 Å². The third-order valence-corrected chi connectivity index (χ3v) is 5.95. The third kappa shape index (κ3) is 5.60. The highest BCUT2D eigenvalue weighted by molar-refractivity contribution is 5.88. The van der Waals surface area contributed by atoms with Crippen molar-refractivity contribution in [2.75, 3.05) is 33.0 Å². The normalized spacial score (nSPS) is 16.9. The summed E-state index contributed by atoms with van der Waals surface area (Å²) in [5.74, 6) is 1.60. The number of benzene rings is 2. The number of hydrogen-bond donors (Lipinski definition) is 0. The fraction of sp³-hybridized carbons (Fsp3) is 0.370. The molecule has 2 aromatic carbocycles. The summed E-state index contributed by atoms with van der Waals surface area (Å²) >= 11 is 0. The average Bonchev–Trinajstić information content (AvgIpc) is 3.25.